The molecule has 1 heterocycles. The van der Waals surface area contributed by atoms with Crippen molar-refractivity contribution in [3.05, 3.63) is 35.9 Å². The Bertz CT molecular complexity index is 329. The molecule has 0 saturated carbocycles. The molecule has 1 fully saturated rings. The predicted molar refractivity (Wildman–Crippen MR) is 74.6 cm³/mol. The third kappa shape index (κ3) is 4.41. The maximum absolute atomic E-state index is 5.06. The summed E-state index contributed by atoms with van der Waals surface area (Å²) < 4.78 is 5.06. The molecule has 1 atom stereocenters. The normalized spacial score (nSPS) is 20.4. The van der Waals surface area contributed by atoms with Gasteiger partial charge in [-0.25, -0.2) is 0 Å². The van der Waals surface area contributed by atoms with Gasteiger partial charge in [0.05, 0.1) is 0 Å². The molecule has 0 amide bonds. The molecule has 18 heavy (non-hydrogen) atoms. The van der Waals surface area contributed by atoms with Gasteiger partial charge in [0.15, 0.2) is 0 Å². The standard InChI is InChI=1S/C15H24N2O/c1-18-11-5-9-16-15-8-10-17(13-15)12-14-6-3-2-4-7-14/h2-4,6-7,15-16H,5,8-13H2,1H3. The molecular weight excluding hydrogens is 224 g/mol. The van der Waals surface area contributed by atoms with Crippen molar-refractivity contribution in [2.24, 2.45) is 0 Å². The highest BCUT2D eigenvalue weighted by Gasteiger charge is 2.21. The highest BCUT2D eigenvalue weighted by molar-refractivity contribution is 5.14. The summed E-state index contributed by atoms with van der Waals surface area (Å²) in [6.45, 7) is 5.38. The zero-order valence-electron chi connectivity index (χ0n) is 11.3. The highest BCUT2D eigenvalue weighted by Crippen LogP contribution is 2.13. The number of nitrogens with zero attached hydrogens (tertiary/aromatic N) is 1. The second kappa shape index (κ2) is 7.52. The predicted octanol–water partition coefficient (Wildman–Crippen LogP) is 1.89. The van der Waals surface area contributed by atoms with Gasteiger partial charge in [0, 0.05) is 39.4 Å². The monoisotopic (exact) mass is 248 g/mol. The molecule has 100 valence electrons. The molecule has 1 N–H and O–H groups in total. The van der Waals surface area contributed by atoms with E-state index in [0.717, 1.165) is 26.1 Å². The van der Waals surface area contributed by atoms with E-state index in [1.54, 1.807) is 7.11 Å². The van der Waals surface area contributed by atoms with E-state index in [9.17, 15) is 0 Å². The van der Waals surface area contributed by atoms with Crippen LogP contribution in [0, 0.1) is 0 Å². The van der Waals surface area contributed by atoms with Gasteiger partial charge in [-0.2, -0.15) is 0 Å². The largest absolute Gasteiger partial charge is 0.385 e. The van der Waals surface area contributed by atoms with E-state index in [-0.39, 0.29) is 0 Å². The molecular formula is C15H24N2O. The minimum absolute atomic E-state index is 0.658. The van der Waals surface area contributed by atoms with Crippen LogP contribution in [0.15, 0.2) is 30.3 Å². The van der Waals surface area contributed by atoms with Crippen molar-refractivity contribution < 1.29 is 4.74 Å². The minimum atomic E-state index is 0.658. The summed E-state index contributed by atoms with van der Waals surface area (Å²) in [4.78, 5) is 2.53. The summed E-state index contributed by atoms with van der Waals surface area (Å²) in [7, 11) is 1.76. The Morgan fingerprint density at radius 2 is 2.17 bits per heavy atom. The lowest BCUT2D eigenvalue weighted by atomic mass is 10.2. The van der Waals surface area contributed by atoms with Gasteiger partial charge < -0.3 is 10.1 Å². The van der Waals surface area contributed by atoms with Gasteiger partial charge in [0.2, 0.25) is 0 Å². The van der Waals surface area contributed by atoms with Crippen molar-refractivity contribution in [3.63, 3.8) is 0 Å². The quantitative estimate of drug-likeness (QED) is 0.746. The summed E-state index contributed by atoms with van der Waals surface area (Å²) >= 11 is 0. The Morgan fingerprint density at radius 3 is 2.94 bits per heavy atom. The lowest BCUT2D eigenvalue weighted by Crippen LogP contribution is -2.33. The number of benzene rings is 1. The lowest BCUT2D eigenvalue weighted by Gasteiger charge is -2.16. The average Bonchev–Trinajstić information content (AvgIpc) is 2.84. The van der Waals surface area contributed by atoms with Crippen LogP contribution in [0.3, 0.4) is 0 Å². The highest BCUT2D eigenvalue weighted by atomic mass is 16.5. The van der Waals surface area contributed by atoms with Gasteiger partial charge in [-0.1, -0.05) is 30.3 Å². The molecule has 1 unspecified atom stereocenters. The van der Waals surface area contributed by atoms with Gasteiger partial charge in [-0.05, 0) is 24.9 Å². The van der Waals surface area contributed by atoms with Crippen LogP contribution in [-0.2, 0) is 11.3 Å². The Labute approximate surface area is 110 Å². The summed E-state index contributed by atoms with van der Waals surface area (Å²) in [5.74, 6) is 0. The summed E-state index contributed by atoms with van der Waals surface area (Å²) in [5.41, 5.74) is 1.41. The first-order valence-corrected chi connectivity index (χ1v) is 6.87. The fourth-order valence-electron chi connectivity index (χ4n) is 2.51. The molecule has 0 bridgehead atoms. The molecule has 1 aromatic carbocycles. The van der Waals surface area contributed by atoms with Crippen molar-refractivity contribution in [2.45, 2.75) is 25.4 Å². The molecule has 3 heteroatoms. The maximum Gasteiger partial charge on any atom is 0.0474 e. The summed E-state index contributed by atoms with van der Waals surface area (Å²) in [6.07, 6.45) is 2.37. The van der Waals surface area contributed by atoms with E-state index < -0.39 is 0 Å². The van der Waals surface area contributed by atoms with Crippen molar-refractivity contribution in [3.8, 4) is 0 Å². The number of rotatable bonds is 7. The van der Waals surface area contributed by atoms with Gasteiger partial charge in [-0.15, -0.1) is 0 Å². The molecule has 2 rings (SSSR count). The van der Waals surface area contributed by atoms with Crippen LogP contribution in [0.5, 0.6) is 0 Å². The molecule has 0 aromatic heterocycles. The van der Waals surface area contributed by atoms with Crippen LogP contribution in [0.1, 0.15) is 18.4 Å². The molecule has 1 aromatic rings. The Balaban J connectivity index is 1.65. The summed E-state index contributed by atoms with van der Waals surface area (Å²) in [6, 6.07) is 11.4. The third-order valence-electron chi connectivity index (χ3n) is 3.48. The Kier molecular flexibility index (Phi) is 5.65. The number of likely N-dealkylation sites (tertiary alicyclic amines) is 1. The molecule has 1 aliphatic heterocycles. The molecule has 0 aliphatic carbocycles. The first-order valence-electron chi connectivity index (χ1n) is 6.87. The number of hydrogen-bond donors (Lipinski definition) is 1. The Morgan fingerprint density at radius 1 is 1.33 bits per heavy atom. The fraction of sp³-hybridized carbons (Fsp3) is 0.600. The number of hydrogen-bond acceptors (Lipinski definition) is 3. The van der Waals surface area contributed by atoms with E-state index in [1.807, 2.05) is 0 Å². The zero-order chi connectivity index (χ0) is 12.6. The van der Waals surface area contributed by atoms with Gasteiger partial charge in [-0.3, -0.25) is 4.90 Å². The SMILES string of the molecule is COCCCNC1CCN(Cc2ccccc2)C1. The van der Waals surface area contributed by atoms with Crippen molar-refractivity contribution in [2.75, 3.05) is 33.4 Å². The number of ether oxygens (including phenoxy) is 1. The van der Waals surface area contributed by atoms with E-state index in [4.69, 9.17) is 4.74 Å². The van der Waals surface area contributed by atoms with Crippen LogP contribution in [0.4, 0.5) is 0 Å². The molecule has 0 radical (unpaired) electrons. The smallest absolute Gasteiger partial charge is 0.0474 e. The van der Waals surface area contributed by atoms with Crippen LogP contribution < -0.4 is 5.32 Å². The van der Waals surface area contributed by atoms with Gasteiger partial charge in [0.1, 0.15) is 0 Å². The first-order chi connectivity index (χ1) is 8.88. The van der Waals surface area contributed by atoms with Crippen molar-refractivity contribution >= 4 is 0 Å². The molecule has 1 saturated heterocycles. The molecule has 1 aliphatic rings. The molecule has 0 spiro atoms. The number of methoxy groups -OCH3 is 1. The Hall–Kier alpha value is -0.900. The van der Waals surface area contributed by atoms with Crippen molar-refractivity contribution in [1.82, 2.24) is 10.2 Å². The van der Waals surface area contributed by atoms with E-state index >= 15 is 0 Å². The van der Waals surface area contributed by atoms with Crippen LogP contribution in [-0.4, -0.2) is 44.3 Å². The fourth-order valence-corrected chi connectivity index (χ4v) is 2.51. The second-order valence-corrected chi connectivity index (χ2v) is 5.01. The zero-order valence-corrected chi connectivity index (χ0v) is 11.3. The second-order valence-electron chi connectivity index (χ2n) is 5.01. The van der Waals surface area contributed by atoms with Gasteiger partial charge >= 0.3 is 0 Å². The first kappa shape index (κ1) is 13.5. The average molecular weight is 248 g/mol. The third-order valence-corrected chi connectivity index (χ3v) is 3.48. The molecule has 3 nitrogen and oxygen atoms in total. The van der Waals surface area contributed by atoms with Crippen LogP contribution >= 0.6 is 0 Å². The van der Waals surface area contributed by atoms with E-state index in [0.29, 0.717) is 6.04 Å². The maximum atomic E-state index is 5.06. The number of nitrogens with one attached hydrogen (secondary N) is 1. The van der Waals surface area contributed by atoms with Crippen molar-refractivity contribution in [1.29, 1.82) is 0 Å². The van der Waals surface area contributed by atoms with Crippen LogP contribution in [0.2, 0.25) is 0 Å². The van der Waals surface area contributed by atoms with Crippen LogP contribution in [0.25, 0.3) is 0 Å². The van der Waals surface area contributed by atoms with E-state index in [2.05, 4.69) is 40.5 Å². The van der Waals surface area contributed by atoms with E-state index in [1.165, 1.54) is 25.1 Å². The van der Waals surface area contributed by atoms with Gasteiger partial charge in [0.25, 0.3) is 0 Å². The summed E-state index contributed by atoms with van der Waals surface area (Å²) in [5, 5.41) is 3.61. The topological polar surface area (TPSA) is 24.5 Å². The lowest BCUT2D eigenvalue weighted by molar-refractivity contribution is 0.193. The minimum Gasteiger partial charge on any atom is -0.385 e.